The number of rotatable bonds is 4. The molecular formula is C14H21N. The zero-order valence-electron chi connectivity index (χ0n) is 10.0. The Labute approximate surface area is 93.0 Å². The number of nitrogens with two attached hydrogens (primary N) is 1. The second kappa shape index (κ2) is 5.01. The molecule has 0 heterocycles. The Hall–Kier alpha value is -1.24. The van der Waals surface area contributed by atoms with Crippen LogP contribution in [0.25, 0.3) is 6.08 Å². The summed E-state index contributed by atoms with van der Waals surface area (Å²) in [5.74, 6) is 0.745. The summed E-state index contributed by atoms with van der Waals surface area (Å²) in [7, 11) is 0. The van der Waals surface area contributed by atoms with Gasteiger partial charge < -0.3 is 5.73 Å². The molecule has 2 N–H and O–H groups in total. The topological polar surface area (TPSA) is 26.0 Å². The highest BCUT2D eigenvalue weighted by atomic mass is 14.6. The summed E-state index contributed by atoms with van der Waals surface area (Å²) in [5.41, 5.74) is 10.4. The normalized spacial score (nSPS) is 10.7. The molecule has 1 aromatic rings. The van der Waals surface area contributed by atoms with Gasteiger partial charge in [-0.2, -0.15) is 0 Å². The van der Waals surface area contributed by atoms with Gasteiger partial charge in [0.1, 0.15) is 0 Å². The summed E-state index contributed by atoms with van der Waals surface area (Å²) in [6.45, 7) is 10.3. The predicted octanol–water partition coefficient (Wildman–Crippen LogP) is 3.81. The van der Waals surface area contributed by atoms with Crippen molar-refractivity contribution in [2.24, 2.45) is 5.92 Å². The maximum atomic E-state index is 5.95. The molecule has 0 spiro atoms. The molecule has 0 saturated heterocycles. The van der Waals surface area contributed by atoms with E-state index >= 15 is 0 Å². The summed E-state index contributed by atoms with van der Waals surface area (Å²) in [4.78, 5) is 0. The zero-order chi connectivity index (χ0) is 11.4. The van der Waals surface area contributed by atoms with Crippen molar-refractivity contribution in [3.63, 3.8) is 0 Å². The standard InChI is InChI=1S/C14H21N/c1-5-13-9-12(7-6-10(2)3)8-11(4)14(13)15/h5,8-10H,1,6-7,15H2,2-4H3. The van der Waals surface area contributed by atoms with E-state index in [-0.39, 0.29) is 0 Å². The van der Waals surface area contributed by atoms with Crippen LogP contribution in [-0.2, 0) is 6.42 Å². The molecule has 0 radical (unpaired) electrons. The molecule has 0 aromatic heterocycles. The van der Waals surface area contributed by atoms with Crippen molar-refractivity contribution in [3.05, 3.63) is 35.4 Å². The van der Waals surface area contributed by atoms with Gasteiger partial charge in [-0.05, 0) is 48.4 Å². The first-order valence-electron chi connectivity index (χ1n) is 5.56. The molecule has 82 valence electrons. The molecule has 15 heavy (non-hydrogen) atoms. The average Bonchev–Trinajstić information content (AvgIpc) is 2.19. The maximum absolute atomic E-state index is 5.95. The number of nitrogen functional groups attached to an aromatic ring is 1. The predicted molar refractivity (Wildman–Crippen MR) is 68.8 cm³/mol. The molecule has 0 atom stereocenters. The summed E-state index contributed by atoms with van der Waals surface area (Å²) in [6, 6.07) is 4.34. The molecule has 1 rings (SSSR count). The minimum atomic E-state index is 0.745. The first-order valence-corrected chi connectivity index (χ1v) is 5.56. The fourth-order valence-corrected chi connectivity index (χ4v) is 1.67. The van der Waals surface area contributed by atoms with Crippen molar-refractivity contribution in [2.45, 2.75) is 33.6 Å². The van der Waals surface area contributed by atoms with Gasteiger partial charge in [-0.3, -0.25) is 0 Å². The van der Waals surface area contributed by atoms with Crippen LogP contribution < -0.4 is 5.73 Å². The van der Waals surface area contributed by atoms with Gasteiger partial charge in [-0.1, -0.05) is 32.6 Å². The van der Waals surface area contributed by atoms with Crippen molar-refractivity contribution >= 4 is 11.8 Å². The lowest BCUT2D eigenvalue weighted by molar-refractivity contribution is 0.586. The zero-order valence-corrected chi connectivity index (χ0v) is 10.0. The molecule has 1 heteroatoms. The van der Waals surface area contributed by atoms with E-state index in [1.807, 2.05) is 6.08 Å². The largest absolute Gasteiger partial charge is 0.398 e. The smallest absolute Gasteiger partial charge is 0.0417 e. The van der Waals surface area contributed by atoms with Crippen LogP contribution in [0, 0.1) is 12.8 Å². The van der Waals surface area contributed by atoms with E-state index in [9.17, 15) is 0 Å². The Kier molecular flexibility index (Phi) is 3.96. The van der Waals surface area contributed by atoms with Gasteiger partial charge in [0.15, 0.2) is 0 Å². The van der Waals surface area contributed by atoms with E-state index < -0.39 is 0 Å². The molecule has 0 aliphatic heterocycles. The Morgan fingerprint density at radius 2 is 2.07 bits per heavy atom. The van der Waals surface area contributed by atoms with Gasteiger partial charge in [0.25, 0.3) is 0 Å². The number of anilines is 1. The third kappa shape index (κ3) is 3.12. The molecule has 0 bridgehead atoms. The minimum absolute atomic E-state index is 0.745. The van der Waals surface area contributed by atoms with Crippen LogP contribution in [0.1, 0.15) is 37.0 Å². The van der Waals surface area contributed by atoms with Gasteiger partial charge in [-0.15, -0.1) is 0 Å². The van der Waals surface area contributed by atoms with Crippen LogP contribution in [0.4, 0.5) is 5.69 Å². The van der Waals surface area contributed by atoms with Crippen molar-refractivity contribution in [2.75, 3.05) is 5.73 Å². The van der Waals surface area contributed by atoms with Crippen LogP contribution in [0.3, 0.4) is 0 Å². The third-order valence-corrected chi connectivity index (χ3v) is 2.71. The third-order valence-electron chi connectivity index (χ3n) is 2.71. The van der Waals surface area contributed by atoms with E-state index in [4.69, 9.17) is 5.73 Å². The van der Waals surface area contributed by atoms with E-state index in [0.29, 0.717) is 0 Å². The Bertz CT molecular complexity index is 351. The molecule has 1 aromatic carbocycles. The molecular weight excluding hydrogens is 182 g/mol. The highest BCUT2D eigenvalue weighted by molar-refractivity contribution is 5.67. The van der Waals surface area contributed by atoms with Crippen LogP contribution in [0.5, 0.6) is 0 Å². The lowest BCUT2D eigenvalue weighted by Crippen LogP contribution is -1.98. The van der Waals surface area contributed by atoms with Crippen molar-refractivity contribution in [1.82, 2.24) is 0 Å². The molecule has 1 nitrogen and oxygen atoms in total. The second-order valence-electron chi connectivity index (χ2n) is 4.55. The highest BCUT2D eigenvalue weighted by Gasteiger charge is 2.03. The summed E-state index contributed by atoms with van der Waals surface area (Å²) in [6.07, 6.45) is 4.18. The Morgan fingerprint density at radius 1 is 1.40 bits per heavy atom. The molecule has 0 saturated carbocycles. The van der Waals surface area contributed by atoms with E-state index in [2.05, 4.69) is 39.5 Å². The lowest BCUT2D eigenvalue weighted by atomic mass is 9.98. The number of aryl methyl sites for hydroxylation is 2. The fraction of sp³-hybridized carbons (Fsp3) is 0.429. The Balaban J connectivity index is 2.90. The number of hydrogen-bond donors (Lipinski definition) is 1. The molecule has 0 amide bonds. The van der Waals surface area contributed by atoms with Gasteiger partial charge in [0.05, 0.1) is 0 Å². The van der Waals surface area contributed by atoms with Gasteiger partial charge >= 0.3 is 0 Å². The first-order chi connectivity index (χ1) is 7.04. The average molecular weight is 203 g/mol. The van der Waals surface area contributed by atoms with Gasteiger partial charge in [-0.25, -0.2) is 0 Å². The van der Waals surface area contributed by atoms with Gasteiger partial charge in [0.2, 0.25) is 0 Å². The monoisotopic (exact) mass is 203 g/mol. The van der Waals surface area contributed by atoms with E-state index in [0.717, 1.165) is 29.2 Å². The first kappa shape index (κ1) is 11.8. The minimum Gasteiger partial charge on any atom is -0.398 e. The summed E-state index contributed by atoms with van der Waals surface area (Å²) >= 11 is 0. The number of hydrogen-bond acceptors (Lipinski definition) is 1. The number of benzene rings is 1. The maximum Gasteiger partial charge on any atom is 0.0417 e. The lowest BCUT2D eigenvalue weighted by Gasteiger charge is -2.10. The van der Waals surface area contributed by atoms with Gasteiger partial charge in [0, 0.05) is 5.69 Å². The molecule has 0 unspecified atom stereocenters. The molecule has 0 aliphatic carbocycles. The Morgan fingerprint density at radius 3 is 2.60 bits per heavy atom. The quantitative estimate of drug-likeness (QED) is 0.740. The highest BCUT2D eigenvalue weighted by Crippen LogP contribution is 2.22. The van der Waals surface area contributed by atoms with E-state index in [1.54, 1.807) is 0 Å². The second-order valence-corrected chi connectivity index (χ2v) is 4.55. The van der Waals surface area contributed by atoms with Crippen molar-refractivity contribution in [1.29, 1.82) is 0 Å². The van der Waals surface area contributed by atoms with Crippen LogP contribution in [-0.4, -0.2) is 0 Å². The summed E-state index contributed by atoms with van der Waals surface area (Å²) < 4.78 is 0. The van der Waals surface area contributed by atoms with E-state index in [1.165, 1.54) is 12.0 Å². The fourth-order valence-electron chi connectivity index (χ4n) is 1.67. The van der Waals surface area contributed by atoms with Crippen LogP contribution in [0.2, 0.25) is 0 Å². The summed E-state index contributed by atoms with van der Waals surface area (Å²) in [5, 5.41) is 0. The van der Waals surface area contributed by atoms with Crippen molar-refractivity contribution in [3.8, 4) is 0 Å². The molecule has 0 aliphatic rings. The van der Waals surface area contributed by atoms with Crippen LogP contribution in [0.15, 0.2) is 18.7 Å². The van der Waals surface area contributed by atoms with Crippen molar-refractivity contribution < 1.29 is 0 Å². The van der Waals surface area contributed by atoms with Crippen LogP contribution >= 0.6 is 0 Å². The SMILES string of the molecule is C=Cc1cc(CCC(C)C)cc(C)c1N. The molecule has 0 fully saturated rings.